The monoisotopic (exact) mass is 361 g/mol. The molecule has 4 rings (SSSR count). The molecule has 0 bridgehead atoms. The molecule has 0 atom stereocenters. The van der Waals surface area contributed by atoms with Crippen LogP contribution in [0.25, 0.3) is 22.5 Å². The Labute approximate surface area is 161 Å². The molecular weight excluding hydrogens is 334 g/mol. The zero-order chi connectivity index (χ0) is 19.3. The van der Waals surface area contributed by atoms with Gasteiger partial charge in [0.2, 0.25) is 0 Å². The number of anilines is 1. The first-order valence-electron chi connectivity index (χ1n) is 9.56. The van der Waals surface area contributed by atoms with Gasteiger partial charge in [0.15, 0.2) is 0 Å². The second-order valence-electron chi connectivity index (χ2n) is 7.98. The zero-order valence-corrected chi connectivity index (χ0v) is 17.0. The molecule has 0 saturated heterocycles. The zero-order valence-electron chi connectivity index (χ0n) is 17.0. The van der Waals surface area contributed by atoms with Crippen molar-refractivity contribution in [1.29, 1.82) is 0 Å². The average Bonchev–Trinajstić information content (AvgIpc) is 2.64. The van der Waals surface area contributed by atoms with Crippen LogP contribution in [0.4, 0.5) is 5.69 Å². The Hall–Kier alpha value is -2.68. The van der Waals surface area contributed by atoms with E-state index in [-0.39, 0.29) is 5.54 Å². The van der Waals surface area contributed by atoms with Crippen molar-refractivity contribution in [3.05, 3.63) is 53.1 Å². The number of methoxy groups -OCH3 is 1. The van der Waals surface area contributed by atoms with Gasteiger partial charge in [-0.3, -0.25) is 0 Å². The molecule has 2 heterocycles. The first kappa shape index (κ1) is 17.7. The topological polar surface area (TPSA) is 30.5 Å². The van der Waals surface area contributed by atoms with Crippen LogP contribution in [0.1, 0.15) is 52.2 Å². The Morgan fingerprint density at radius 3 is 2.59 bits per heavy atom. The molecule has 0 amide bonds. The van der Waals surface area contributed by atoms with Gasteiger partial charge in [0.25, 0.3) is 0 Å². The summed E-state index contributed by atoms with van der Waals surface area (Å²) in [5, 5.41) is 3.66. The predicted octanol–water partition coefficient (Wildman–Crippen LogP) is 6.50. The third-order valence-electron chi connectivity index (χ3n) is 5.47. The summed E-state index contributed by atoms with van der Waals surface area (Å²) in [6.45, 7) is 10.9. The summed E-state index contributed by atoms with van der Waals surface area (Å²) in [5.41, 5.74) is 8.20. The van der Waals surface area contributed by atoms with Crippen LogP contribution in [0.5, 0.6) is 11.5 Å². The van der Waals surface area contributed by atoms with E-state index in [2.05, 4.69) is 58.1 Å². The van der Waals surface area contributed by atoms with Crippen molar-refractivity contribution >= 4 is 17.0 Å². The van der Waals surface area contributed by atoms with Crippen molar-refractivity contribution in [2.24, 2.45) is 0 Å². The van der Waals surface area contributed by atoms with Crippen LogP contribution < -0.4 is 14.8 Å². The number of rotatable bonds is 2. The lowest BCUT2D eigenvalue weighted by atomic mass is 9.82. The lowest BCUT2D eigenvalue weighted by molar-refractivity contribution is 0.411. The Balaban J connectivity index is 2.10. The molecule has 0 fully saturated rings. The van der Waals surface area contributed by atoms with Crippen LogP contribution in [-0.4, -0.2) is 12.6 Å². The molecule has 27 heavy (non-hydrogen) atoms. The summed E-state index contributed by atoms with van der Waals surface area (Å²) >= 11 is 0. The molecule has 1 N–H and O–H groups in total. The number of fused-ring (bicyclic) bond motifs is 5. The number of hydrogen-bond acceptors (Lipinski definition) is 3. The highest BCUT2D eigenvalue weighted by molar-refractivity contribution is 5.99. The summed E-state index contributed by atoms with van der Waals surface area (Å²) in [6.07, 6.45) is 3.24. The van der Waals surface area contributed by atoms with Crippen LogP contribution in [-0.2, 0) is 0 Å². The van der Waals surface area contributed by atoms with E-state index >= 15 is 0 Å². The van der Waals surface area contributed by atoms with E-state index in [1.807, 2.05) is 18.2 Å². The smallest absolute Gasteiger partial charge is 0.139 e. The molecule has 2 aromatic rings. The van der Waals surface area contributed by atoms with Crippen molar-refractivity contribution in [2.75, 3.05) is 12.4 Å². The van der Waals surface area contributed by atoms with Gasteiger partial charge in [-0.05, 0) is 63.5 Å². The molecule has 3 nitrogen and oxygen atoms in total. The molecule has 0 radical (unpaired) electrons. The minimum absolute atomic E-state index is 0.0693. The van der Waals surface area contributed by atoms with E-state index in [9.17, 15) is 0 Å². The number of nitrogens with one attached hydrogen (secondary N) is 1. The number of ether oxygens (including phenoxy) is 2. The highest BCUT2D eigenvalue weighted by Gasteiger charge is 2.33. The normalized spacial score (nSPS) is 18.2. The van der Waals surface area contributed by atoms with Gasteiger partial charge in [0.05, 0.1) is 18.2 Å². The van der Waals surface area contributed by atoms with Gasteiger partial charge >= 0.3 is 0 Å². The molecule has 3 heteroatoms. The summed E-state index contributed by atoms with van der Waals surface area (Å²) in [5.74, 6) is 2.67. The van der Waals surface area contributed by atoms with E-state index in [0.29, 0.717) is 0 Å². The maximum atomic E-state index is 6.46. The Morgan fingerprint density at radius 1 is 1.11 bits per heavy atom. The largest absolute Gasteiger partial charge is 0.496 e. The molecule has 0 unspecified atom stereocenters. The van der Waals surface area contributed by atoms with E-state index in [0.717, 1.165) is 34.9 Å². The third kappa shape index (κ3) is 2.73. The van der Waals surface area contributed by atoms with Gasteiger partial charge < -0.3 is 14.8 Å². The summed E-state index contributed by atoms with van der Waals surface area (Å²) < 4.78 is 12.1. The number of allylic oxidation sites excluding steroid dienone is 2. The highest BCUT2D eigenvalue weighted by Crippen LogP contribution is 2.52. The second-order valence-corrected chi connectivity index (χ2v) is 7.98. The summed E-state index contributed by atoms with van der Waals surface area (Å²) in [7, 11) is 1.71. The molecule has 0 aromatic heterocycles. The van der Waals surface area contributed by atoms with E-state index in [1.165, 1.54) is 27.8 Å². The SMILES string of the molecule is CCC(C)=C1Oc2cccc(OC)c2-c2ccc3c(c21)C(C)=CC(C)(C)N3. The molecular formula is C24H27NO2. The maximum absolute atomic E-state index is 6.46. The van der Waals surface area contributed by atoms with E-state index < -0.39 is 0 Å². The van der Waals surface area contributed by atoms with Gasteiger partial charge in [-0.2, -0.15) is 0 Å². The van der Waals surface area contributed by atoms with Crippen LogP contribution in [0, 0.1) is 0 Å². The second kappa shape index (κ2) is 6.19. The van der Waals surface area contributed by atoms with Gasteiger partial charge in [-0.25, -0.2) is 0 Å². The van der Waals surface area contributed by atoms with Crippen LogP contribution >= 0.6 is 0 Å². The summed E-state index contributed by atoms with van der Waals surface area (Å²) in [4.78, 5) is 0. The van der Waals surface area contributed by atoms with Crippen molar-refractivity contribution in [3.8, 4) is 22.6 Å². The van der Waals surface area contributed by atoms with E-state index in [4.69, 9.17) is 9.47 Å². The quantitative estimate of drug-likeness (QED) is 0.662. The van der Waals surface area contributed by atoms with Crippen molar-refractivity contribution in [2.45, 2.75) is 46.6 Å². The average molecular weight is 361 g/mol. The third-order valence-corrected chi connectivity index (χ3v) is 5.47. The first-order chi connectivity index (χ1) is 12.9. The molecule has 0 spiro atoms. The molecule has 2 aromatic carbocycles. The molecule has 2 aliphatic heterocycles. The van der Waals surface area contributed by atoms with Gasteiger partial charge in [0, 0.05) is 22.4 Å². The van der Waals surface area contributed by atoms with E-state index in [1.54, 1.807) is 7.11 Å². The number of benzene rings is 2. The fourth-order valence-corrected chi connectivity index (χ4v) is 4.21. The van der Waals surface area contributed by atoms with Crippen LogP contribution in [0.15, 0.2) is 42.0 Å². The fourth-order valence-electron chi connectivity index (χ4n) is 4.21. The van der Waals surface area contributed by atoms with Gasteiger partial charge in [0.1, 0.15) is 17.3 Å². The minimum Gasteiger partial charge on any atom is -0.496 e. The predicted molar refractivity (Wildman–Crippen MR) is 113 cm³/mol. The van der Waals surface area contributed by atoms with Crippen molar-refractivity contribution < 1.29 is 9.47 Å². The standard InChI is InChI=1S/C24H27NO2/c1-7-14(2)23-22-16(21-18(26-6)9-8-10-19(21)27-23)11-12-17-20(22)15(3)13-24(4,5)25-17/h8-13,25H,7H2,1-6H3. The minimum atomic E-state index is -0.0693. The van der Waals surface area contributed by atoms with Crippen LogP contribution in [0.3, 0.4) is 0 Å². The van der Waals surface area contributed by atoms with Crippen LogP contribution in [0.2, 0.25) is 0 Å². The Morgan fingerprint density at radius 2 is 1.89 bits per heavy atom. The van der Waals surface area contributed by atoms with Crippen molar-refractivity contribution in [3.63, 3.8) is 0 Å². The molecule has 0 aliphatic carbocycles. The van der Waals surface area contributed by atoms with Gasteiger partial charge in [-0.1, -0.05) is 25.1 Å². The molecule has 2 aliphatic rings. The Kier molecular flexibility index (Phi) is 4.06. The van der Waals surface area contributed by atoms with Gasteiger partial charge in [-0.15, -0.1) is 0 Å². The maximum Gasteiger partial charge on any atom is 0.139 e. The number of hydrogen-bond donors (Lipinski definition) is 1. The van der Waals surface area contributed by atoms with Crippen molar-refractivity contribution in [1.82, 2.24) is 0 Å². The highest BCUT2D eigenvalue weighted by atomic mass is 16.5. The first-order valence-corrected chi connectivity index (χ1v) is 9.56. The lowest BCUT2D eigenvalue weighted by Gasteiger charge is -2.35. The lowest BCUT2D eigenvalue weighted by Crippen LogP contribution is -2.32. The molecule has 0 saturated carbocycles. The molecule has 140 valence electrons. The Bertz CT molecular complexity index is 996. The fraction of sp³-hybridized carbons (Fsp3) is 0.333. The summed E-state index contributed by atoms with van der Waals surface area (Å²) in [6, 6.07) is 10.4.